The van der Waals surface area contributed by atoms with Crippen LogP contribution < -0.4 is 5.32 Å². The Morgan fingerprint density at radius 2 is 1.96 bits per heavy atom. The quantitative estimate of drug-likeness (QED) is 0.565. The molecule has 1 atom stereocenters. The van der Waals surface area contributed by atoms with Crippen molar-refractivity contribution in [2.75, 3.05) is 0 Å². The van der Waals surface area contributed by atoms with Gasteiger partial charge in [0.15, 0.2) is 0 Å². The van der Waals surface area contributed by atoms with Crippen LogP contribution in [0.5, 0.6) is 0 Å². The molecule has 0 saturated heterocycles. The van der Waals surface area contributed by atoms with Gasteiger partial charge in [0.25, 0.3) is 11.6 Å². The van der Waals surface area contributed by atoms with Gasteiger partial charge in [-0.1, -0.05) is 35.5 Å². The molecule has 0 saturated carbocycles. The second-order valence-corrected chi connectivity index (χ2v) is 5.32. The number of hydrogen-bond donors (Lipinski definition) is 1. The van der Waals surface area contributed by atoms with Crippen molar-refractivity contribution in [3.8, 4) is 11.4 Å². The number of benzene rings is 2. The highest BCUT2D eigenvalue weighted by atomic mass is 16.6. The van der Waals surface area contributed by atoms with Gasteiger partial charge in [0, 0.05) is 23.3 Å². The Hall–Kier alpha value is -3.55. The molecular formula is C17H14N4O4. The van der Waals surface area contributed by atoms with E-state index >= 15 is 0 Å². The van der Waals surface area contributed by atoms with Crippen molar-refractivity contribution in [2.24, 2.45) is 0 Å². The van der Waals surface area contributed by atoms with Crippen molar-refractivity contribution < 1.29 is 14.2 Å². The third-order valence-electron chi connectivity index (χ3n) is 3.51. The van der Waals surface area contributed by atoms with Crippen LogP contribution in [0.4, 0.5) is 5.69 Å². The summed E-state index contributed by atoms with van der Waals surface area (Å²) >= 11 is 0. The zero-order valence-corrected chi connectivity index (χ0v) is 13.2. The first kappa shape index (κ1) is 16.3. The number of non-ortho nitro benzene ring substituents is 1. The zero-order chi connectivity index (χ0) is 17.8. The van der Waals surface area contributed by atoms with Crippen LogP contribution in [0.15, 0.2) is 59.1 Å². The monoisotopic (exact) mass is 338 g/mol. The summed E-state index contributed by atoms with van der Waals surface area (Å²) in [5, 5.41) is 17.4. The largest absolute Gasteiger partial charge is 0.341 e. The number of nitro groups is 1. The molecule has 1 aromatic heterocycles. The Kier molecular flexibility index (Phi) is 4.51. The van der Waals surface area contributed by atoms with Gasteiger partial charge in [0.05, 0.1) is 4.92 Å². The molecule has 1 heterocycles. The van der Waals surface area contributed by atoms with Gasteiger partial charge in [0.1, 0.15) is 6.04 Å². The molecule has 0 aliphatic carbocycles. The fourth-order valence-corrected chi connectivity index (χ4v) is 2.22. The molecule has 126 valence electrons. The molecule has 0 spiro atoms. The van der Waals surface area contributed by atoms with Crippen molar-refractivity contribution in [3.05, 3.63) is 76.2 Å². The van der Waals surface area contributed by atoms with E-state index in [1.165, 1.54) is 12.1 Å². The second kappa shape index (κ2) is 6.91. The predicted octanol–water partition coefficient (Wildman–Crippen LogP) is 3.14. The van der Waals surface area contributed by atoms with Crippen LogP contribution in [-0.2, 0) is 0 Å². The van der Waals surface area contributed by atoms with Crippen molar-refractivity contribution >= 4 is 11.6 Å². The zero-order valence-electron chi connectivity index (χ0n) is 13.2. The Morgan fingerprint density at radius 3 is 2.68 bits per heavy atom. The van der Waals surface area contributed by atoms with E-state index in [1.54, 1.807) is 43.3 Å². The lowest BCUT2D eigenvalue weighted by atomic mass is 10.2. The van der Waals surface area contributed by atoms with Gasteiger partial charge in [-0.05, 0) is 19.1 Å². The van der Waals surface area contributed by atoms with E-state index in [0.29, 0.717) is 11.1 Å². The average molecular weight is 338 g/mol. The minimum Gasteiger partial charge on any atom is -0.341 e. The van der Waals surface area contributed by atoms with Crippen molar-refractivity contribution in [2.45, 2.75) is 13.0 Å². The Morgan fingerprint density at radius 1 is 1.20 bits per heavy atom. The van der Waals surface area contributed by atoms with E-state index < -0.39 is 11.0 Å². The minimum absolute atomic E-state index is 0.0609. The highest BCUT2D eigenvalue weighted by Crippen LogP contribution is 2.22. The maximum Gasteiger partial charge on any atom is 0.270 e. The summed E-state index contributed by atoms with van der Waals surface area (Å²) in [6, 6.07) is 14.2. The van der Waals surface area contributed by atoms with Crippen LogP contribution in [0.2, 0.25) is 0 Å². The molecular weight excluding hydrogens is 324 g/mol. The van der Waals surface area contributed by atoms with Crippen molar-refractivity contribution in [3.63, 3.8) is 0 Å². The lowest BCUT2D eigenvalue weighted by molar-refractivity contribution is -0.384. The maximum atomic E-state index is 12.1. The third kappa shape index (κ3) is 3.69. The van der Waals surface area contributed by atoms with Gasteiger partial charge in [-0.25, -0.2) is 0 Å². The molecule has 2 aromatic carbocycles. The first-order chi connectivity index (χ1) is 12.0. The topological polar surface area (TPSA) is 111 Å². The standard InChI is InChI=1S/C17H14N4O4/c1-11(18-16(22)12-6-3-2-4-7-12)17-19-15(20-25-17)13-8-5-9-14(10-13)21(23)24/h2-11H,1H3,(H,18,22)/t11-/m0/s1. The average Bonchev–Trinajstić information content (AvgIpc) is 3.13. The number of nitro benzene ring substituents is 1. The van der Waals surface area contributed by atoms with E-state index in [0.717, 1.165) is 0 Å². The van der Waals surface area contributed by atoms with Crippen molar-refractivity contribution in [1.82, 2.24) is 15.5 Å². The van der Waals surface area contributed by atoms with E-state index in [-0.39, 0.29) is 23.3 Å². The van der Waals surface area contributed by atoms with Crippen LogP contribution in [0, 0.1) is 10.1 Å². The van der Waals surface area contributed by atoms with Gasteiger partial charge in [0.2, 0.25) is 11.7 Å². The first-order valence-corrected chi connectivity index (χ1v) is 7.49. The number of carbonyl (C=O) groups is 1. The Labute approximate surface area is 142 Å². The van der Waals surface area contributed by atoms with Crippen LogP contribution in [0.25, 0.3) is 11.4 Å². The smallest absolute Gasteiger partial charge is 0.270 e. The third-order valence-corrected chi connectivity index (χ3v) is 3.51. The van der Waals surface area contributed by atoms with Gasteiger partial charge in [-0.2, -0.15) is 4.98 Å². The molecule has 3 aromatic rings. The lowest BCUT2D eigenvalue weighted by Gasteiger charge is -2.09. The van der Waals surface area contributed by atoms with Gasteiger partial charge in [-0.15, -0.1) is 0 Å². The summed E-state index contributed by atoms with van der Waals surface area (Å²) in [6.45, 7) is 1.71. The molecule has 0 bridgehead atoms. The summed E-state index contributed by atoms with van der Waals surface area (Å²) in [6.07, 6.45) is 0. The number of rotatable bonds is 5. The summed E-state index contributed by atoms with van der Waals surface area (Å²) in [5.41, 5.74) is 0.924. The summed E-state index contributed by atoms with van der Waals surface area (Å²) < 4.78 is 5.17. The molecule has 0 aliphatic heterocycles. The maximum absolute atomic E-state index is 12.1. The molecule has 0 radical (unpaired) electrons. The van der Waals surface area contributed by atoms with Crippen LogP contribution >= 0.6 is 0 Å². The van der Waals surface area contributed by atoms with Crippen LogP contribution in [0.1, 0.15) is 29.2 Å². The van der Waals surface area contributed by atoms with Crippen molar-refractivity contribution in [1.29, 1.82) is 0 Å². The molecule has 0 aliphatic rings. The second-order valence-electron chi connectivity index (χ2n) is 5.32. The first-order valence-electron chi connectivity index (χ1n) is 7.49. The molecule has 0 unspecified atom stereocenters. The fourth-order valence-electron chi connectivity index (χ4n) is 2.22. The normalized spacial score (nSPS) is 11.7. The molecule has 8 nitrogen and oxygen atoms in total. The number of nitrogens with one attached hydrogen (secondary N) is 1. The fraction of sp³-hybridized carbons (Fsp3) is 0.118. The highest BCUT2D eigenvalue weighted by molar-refractivity contribution is 5.94. The van der Waals surface area contributed by atoms with E-state index in [4.69, 9.17) is 4.52 Å². The van der Waals surface area contributed by atoms with E-state index in [9.17, 15) is 14.9 Å². The number of hydrogen-bond acceptors (Lipinski definition) is 6. The molecule has 3 rings (SSSR count). The summed E-state index contributed by atoms with van der Waals surface area (Å²) in [5.74, 6) is 0.175. The van der Waals surface area contributed by atoms with E-state index in [2.05, 4.69) is 15.5 Å². The summed E-state index contributed by atoms with van der Waals surface area (Å²) in [7, 11) is 0. The van der Waals surface area contributed by atoms with Gasteiger partial charge >= 0.3 is 0 Å². The molecule has 0 fully saturated rings. The molecule has 1 amide bonds. The Balaban J connectivity index is 1.76. The van der Waals surface area contributed by atoms with Crippen LogP contribution in [-0.4, -0.2) is 21.0 Å². The molecule has 25 heavy (non-hydrogen) atoms. The molecule has 1 N–H and O–H groups in total. The van der Waals surface area contributed by atoms with Gasteiger partial charge in [-0.3, -0.25) is 14.9 Å². The minimum atomic E-state index is -0.507. The summed E-state index contributed by atoms with van der Waals surface area (Å²) in [4.78, 5) is 26.7. The number of aromatic nitrogens is 2. The number of nitrogens with zero attached hydrogens (tertiary/aromatic N) is 3. The Bertz CT molecular complexity index is 908. The number of carbonyl (C=O) groups excluding carboxylic acids is 1. The SMILES string of the molecule is C[C@H](NC(=O)c1ccccc1)c1nc(-c2cccc([N+](=O)[O-])c2)no1. The number of amides is 1. The molecule has 8 heteroatoms. The van der Waals surface area contributed by atoms with Gasteiger partial charge < -0.3 is 9.84 Å². The lowest BCUT2D eigenvalue weighted by Crippen LogP contribution is -2.26. The van der Waals surface area contributed by atoms with Crippen LogP contribution in [0.3, 0.4) is 0 Å². The van der Waals surface area contributed by atoms with E-state index in [1.807, 2.05) is 6.07 Å². The highest BCUT2D eigenvalue weighted by Gasteiger charge is 2.19. The predicted molar refractivity (Wildman–Crippen MR) is 88.7 cm³/mol.